The number of esters is 1. The van der Waals surface area contributed by atoms with Crippen LogP contribution < -0.4 is 0 Å². The van der Waals surface area contributed by atoms with Crippen molar-refractivity contribution in [3.8, 4) is 11.5 Å². The van der Waals surface area contributed by atoms with Crippen molar-refractivity contribution < 1.29 is 19.7 Å². The highest BCUT2D eigenvalue weighted by atomic mass is 16.5. The van der Waals surface area contributed by atoms with E-state index in [0.717, 1.165) is 46.2 Å². The number of rotatable bonds is 20. The van der Waals surface area contributed by atoms with E-state index in [1.807, 2.05) is 52.0 Å². The van der Waals surface area contributed by atoms with Gasteiger partial charge in [0.1, 0.15) is 11.5 Å². The molecule has 2 aromatic carbocycles. The molecule has 0 bridgehead atoms. The fourth-order valence-corrected chi connectivity index (χ4v) is 5.91. The number of hydrogen-bond donors (Lipinski definition) is 2. The molecule has 4 heteroatoms. The van der Waals surface area contributed by atoms with E-state index in [1.54, 1.807) is 0 Å². The van der Waals surface area contributed by atoms with Crippen molar-refractivity contribution in [2.24, 2.45) is 0 Å². The van der Waals surface area contributed by atoms with E-state index in [-0.39, 0.29) is 5.97 Å². The van der Waals surface area contributed by atoms with Gasteiger partial charge in [-0.3, -0.25) is 4.79 Å². The molecule has 0 saturated carbocycles. The molecule has 2 aromatic rings. The number of aromatic hydroxyl groups is 2. The van der Waals surface area contributed by atoms with Gasteiger partial charge in [0.25, 0.3) is 0 Å². The Hall–Kier alpha value is -2.49. The van der Waals surface area contributed by atoms with Crippen LogP contribution in [0.15, 0.2) is 24.3 Å². The summed E-state index contributed by atoms with van der Waals surface area (Å²) in [5, 5.41) is 20.7. The van der Waals surface area contributed by atoms with Crippen LogP contribution in [-0.4, -0.2) is 22.8 Å². The zero-order valence-corrected chi connectivity index (χ0v) is 27.0. The summed E-state index contributed by atoms with van der Waals surface area (Å²) in [4.78, 5) is 12.8. The number of carbonyl (C=O) groups is 1. The summed E-state index contributed by atoms with van der Waals surface area (Å²) in [5.74, 6) is 0.453. The quantitative estimate of drug-likeness (QED) is 0.124. The molecule has 0 radical (unpaired) electrons. The normalized spacial score (nSPS) is 11.7. The number of ether oxygens (including phenoxy) is 1. The largest absolute Gasteiger partial charge is 0.507 e. The third-order valence-corrected chi connectivity index (χ3v) is 8.85. The molecule has 2 rings (SSSR count). The summed E-state index contributed by atoms with van der Waals surface area (Å²) in [6.07, 6.45) is 19.2. The number of unbranched alkanes of at least 4 members (excludes halogenated alkanes) is 13. The molecule has 0 heterocycles. The minimum absolute atomic E-state index is 0.162. The van der Waals surface area contributed by atoms with Gasteiger partial charge in [0.05, 0.1) is 6.61 Å². The summed E-state index contributed by atoms with van der Waals surface area (Å²) in [6, 6.07) is 8.05. The summed E-state index contributed by atoms with van der Waals surface area (Å²) >= 11 is 0. The van der Waals surface area contributed by atoms with Crippen LogP contribution in [0.5, 0.6) is 11.5 Å². The highest BCUT2D eigenvalue weighted by Gasteiger charge is 2.32. The lowest BCUT2D eigenvalue weighted by atomic mass is 9.71. The van der Waals surface area contributed by atoms with Gasteiger partial charge < -0.3 is 14.9 Å². The topological polar surface area (TPSA) is 66.8 Å². The minimum Gasteiger partial charge on any atom is -0.507 e. The van der Waals surface area contributed by atoms with Crippen molar-refractivity contribution >= 4 is 5.97 Å². The van der Waals surface area contributed by atoms with E-state index in [2.05, 4.69) is 13.8 Å². The van der Waals surface area contributed by atoms with Gasteiger partial charge in [0, 0.05) is 11.8 Å². The van der Waals surface area contributed by atoms with E-state index in [4.69, 9.17) is 4.74 Å². The highest BCUT2D eigenvalue weighted by molar-refractivity contribution is 5.70. The SMILES string of the molecule is CCCCCCCCCCCCCCCCOC(=O)CCC(C)(c1cc(C)c(O)c(C)c1)c1cc(C)c(O)c(C)c1. The first-order chi connectivity index (χ1) is 19.6. The van der Waals surface area contributed by atoms with E-state index in [9.17, 15) is 15.0 Å². The van der Waals surface area contributed by atoms with Gasteiger partial charge in [-0.2, -0.15) is 0 Å². The lowest BCUT2D eigenvalue weighted by Gasteiger charge is -2.32. The Labute approximate surface area is 250 Å². The Kier molecular flexibility index (Phi) is 15.4. The summed E-state index contributed by atoms with van der Waals surface area (Å²) in [5.41, 5.74) is 4.90. The van der Waals surface area contributed by atoms with E-state index in [0.29, 0.717) is 30.9 Å². The van der Waals surface area contributed by atoms with Gasteiger partial charge >= 0.3 is 5.97 Å². The second-order valence-corrected chi connectivity index (χ2v) is 12.6. The molecular weight excluding hydrogens is 508 g/mol. The smallest absolute Gasteiger partial charge is 0.305 e. The third-order valence-electron chi connectivity index (χ3n) is 8.85. The first-order valence-electron chi connectivity index (χ1n) is 16.4. The number of phenols is 2. The zero-order valence-electron chi connectivity index (χ0n) is 27.0. The third kappa shape index (κ3) is 11.4. The molecule has 41 heavy (non-hydrogen) atoms. The molecule has 4 nitrogen and oxygen atoms in total. The van der Waals surface area contributed by atoms with Crippen LogP contribution in [0.25, 0.3) is 0 Å². The van der Waals surface area contributed by atoms with Crippen LogP contribution in [0.1, 0.15) is 150 Å². The summed E-state index contributed by atoms with van der Waals surface area (Å²) in [7, 11) is 0. The maximum absolute atomic E-state index is 12.8. The first-order valence-corrected chi connectivity index (χ1v) is 16.4. The van der Waals surface area contributed by atoms with E-state index >= 15 is 0 Å². The maximum atomic E-state index is 12.8. The number of phenolic OH excluding ortho intramolecular Hbond substituents is 2. The average molecular weight is 567 g/mol. The molecular formula is C37H58O4. The van der Waals surface area contributed by atoms with E-state index in [1.165, 1.54) is 77.0 Å². The summed E-state index contributed by atoms with van der Waals surface area (Å²) in [6.45, 7) is 12.5. The molecule has 0 aromatic heterocycles. The van der Waals surface area contributed by atoms with Crippen LogP contribution in [0.3, 0.4) is 0 Å². The number of carbonyl (C=O) groups excluding carboxylic acids is 1. The maximum Gasteiger partial charge on any atom is 0.305 e. The van der Waals surface area contributed by atoms with Gasteiger partial charge in [-0.05, 0) is 73.9 Å². The Bertz CT molecular complexity index is 967. The minimum atomic E-state index is -0.472. The predicted molar refractivity (Wildman–Crippen MR) is 172 cm³/mol. The van der Waals surface area contributed by atoms with Gasteiger partial charge in [-0.1, -0.05) is 122 Å². The Morgan fingerprint density at radius 2 is 0.976 bits per heavy atom. The monoisotopic (exact) mass is 566 g/mol. The average Bonchev–Trinajstić information content (AvgIpc) is 2.94. The van der Waals surface area contributed by atoms with Crippen LogP contribution >= 0.6 is 0 Å². The molecule has 0 aliphatic rings. The Morgan fingerprint density at radius 3 is 1.34 bits per heavy atom. The summed E-state index contributed by atoms with van der Waals surface area (Å²) < 4.78 is 5.63. The van der Waals surface area contributed by atoms with Crippen molar-refractivity contribution in [1.29, 1.82) is 0 Å². The fourth-order valence-electron chi connectivity index (χ4n) is 5.91. The second-order valence-electron chi connectivity index (χ2n) is 12.6. The predicted octanol–water partition coefficient (Wildman–Crippen LogP) is 10.4. The molecule has 0 atom stereocenters. The molecule has 0 amide bonds. The first kappa shape index (κ1) is 34.7. The van der Waals surface area contributed by atoms with Gasteiger partial charge in [-0.15, -0.1) is 0 Å². The lowest BCUT2D eigenvalue weighted by Crippen LogP contribution is -2.26. The molecule has 0 saturated heterocycles. The number of aryl methyl sites for hydroxylation is 4. The van der Waals surface area contributed by atoms with E-state index < -0.39 is 5.41 Å². The van der Waals surface area contributed by atoms with Crippen molar-refractivity contribution in [2.45, 2.75) is 150 Å². The molecule has 0 aliphatic carbocycles. The number of benzene rings is 2. The Balaban J connectivity index is 1.77. The van der Waals surface area contributed by atoms with Crippen LogP contribution in [0, 0.1) is 27.7 Å². The van der Waals surface area contributed by atoms with Crippen molar-refractivity contribution in [2.75, 3.05) is 6.61 Å². The molecule has 230 valence electrons. The molecule has 0 unspecified atom stereocenters. The fraction of sp³-hybridized carbons (Fsp3) is 0.649. The van der Waals surface area contributed by atoms with Gasteiger partial charge in [0.2, 0.25) is 0 Å². The van der Waals surface area contributed by atoms with Crippen LogP contribution in [0.4, 0.5) is 0 Å². The van der Waals surface area contributed by atoms with Crippen LogP contribution in [0.2, 0.25) is 0 Å². The number of hydrogen-bond acceptors (Lipinski definition) is 4. The molecule has 0 spiro atoms. The van der Waals surface area contributed by atoms with Crippen molar-refractivity contribution in [3.63, 3.8) is 0 Å². The molecule has 0 fully saturated rings. The van der Waals surface area contributed by atoms with Crippen molar-refractivity contribution in [1.82, 2.24) is 0 Å². The highest BCUT2D eigenvalue weighted by Crippen LogP contribution is 2.41. The molecule has 2 N–H and O–H groups in total. The zero-order chi connectivity index (χ0) is 30.3. The Morgan fingerprint density at radius 1 is 0.634 bits per heavy atom. The molecule has 0 aliphatic heterocycles. The van der Waals surface area contributed by atoms with Gasteiger partial charge in [0.15, 0.2) is 0 Å². The van der Waals surface area contributed by atoms with Crippen LogP contribution in [-0.2, 0) is 14.9 Å². The standard InChI is InChI=1S/C37H58O4/c1-7-8-9-10-11-12-13-14-15-16-17-18-19-20-23-41-34(38)21-22-37(6,32-24-28(2)35(39)29(3)25-32)33-26-30(4)36(40)31(5)27-33/h24-27,39-40H,7-23H2,1-6H3. The second kappa shape index (κ2) is 18.1. The van der Waals surface area contributed by atoms with Crippen molar-refractivity contribution in [3.05, 3.63) is 57.6 Å². The van der Waals surface area contributed by atoms with Gasteiger partial charge in [-0.25, -0.2) is 0 Å². The lowest BCUT2D eigenvalue weighted by molar-refractivity contribution is -0.144.